The molecular formula is C10H14ClN3O6S. The monoisotopic (exact) mass is 339 g/mol. The number of nitro groups is 1. The zero-order valence-corrected chi connectivity index (χ0v) is 12.5. The maximum atomic E-state index is 11.7. The molecule has 0 spiro atoms. The highest BCUT2D eigenvalue weighted by atomic mass is 35.5. The number of aliphatic carboxylic acids is 1. The van der Waals surface area contributed by atoms with Gasteiger partial charge in [0.1, 0.15) is 0 Å². The molecule has 0 aliphatic carbocycles. The van der Waals surface area contributed by atoms with Crippen molar-refractivity contribution in [3.8, 4) is 0 Å². The molecule has 0 aliphatic rings. The van der Waals surface area contributed by atoms with Crippen molar-refractivity contribution in [1.82, 2.24) is 4.72 Å². The molecule has 0 amide bonds. The number of sulfonamides is 1. The maximum Gasteiger partial charge on any atom is 0.300 e. The first-order chi connectivity index (χ1) is 9.61. The molecule has 0 saturated carbocycles. The van der Waals surface area contributed by atoms with E-state index in [2.05, 4.69) is 4.72 Å². The minimum absolute atomic E-state index is 0.00210. The van der Waals surface area contributed by atoms with Gasteiger partial charge in [0.05, 0.1) is 4.92 Å². The Morgan fingerprint density at radius 1 is 1.52 bits per heavy atom. The van der Waals surface area contributed by atoms with Crippen molar-refractivity contribution in [1.29, 1.82) is 0 Å². The Labute approximate surface area is 125 Å². The predicted molar refractivity (Wildman–Crippen MR) is 75.7 cm³/mol. The first kappa shape index (κ1) is 19.2. The molecule has 11 heteroatoms. The molecule has 9 nitrogen and oxygen atoms in total. The summed E-state index contributed by atoms with van der Waals surface area (Å²) >= 11 is 5.58. The fourth-order valence-corrected chi connectivity index (χ4v) is 2.50. The third-order valence-electron chi connectivity index (χ3n) is 1.84. The fourth-order valence-electron chi connectivity index (χ4n) is 1.13. The summed E-state index contributed by atoms with van der Waals surface area (Å²) < 4.78 is 25.6. The van der Waals surface area contributed by atoms with Gasteiger partial charge < -0.3 is 10.8 Å². The largest absolute Gasteiger partial charge is 0.481 e. The summed E-state index contributed by atoms with van der Waals surface area (Å²) in [6.07, 6.45) is 0. The third kappa shape index (κ3) is 6.99. The number of carboxylic acids is 1. The van der Waals surface area contributed by atoms with Gasteiger partial charge >= 0.3 is 0 Å². The number of rotatable bonds is 5. The van der Waals surface area contributed by atoms with E-state index in [9.17, 15) is 18.5 Å². The topological polar surface area (TPSA) is 153 Å². The van der Waals surface area contributed by atoms with Crippen molar-refractivity contribution in [2.75, 3.05) is 13.1 Å². The van der Waals surface area contributed by atoms with Crippen LogP contribution in [0.2, 0.25) is 5.02 Å². The number of hydrogen-bond donors (Lipinski definition) is 3. The van der Waals surface area contributed by atoms with Crippen LogP contribution in [-0.2, 0) is 14.8 Å². The van der Waals surface area contributed by atoms with E-state index < -0.39 is 31.5 Å². The average molecular weight is 340 g/mol. The van der Waals surface area contributed by atoms with E-state index in [4.69, 9.17) is 27.2 Å². The van der Waals surface area contributed by atoms with E-state index in [1.165, 1.54) is 6.07 Å². The summed E-state index contributed by atoms with van der Waals surface area (Å²) in [5.74, 6) is -0.833. The van der Waals surface area contributed by atoms with E-state index >= 15 is 0 Å². The van der Waals surface area contributed by atoms with Gasteiger partial charge in [-0.25, -0.2) is 13.1 Å². The van der Waals surface area contributed by atoms with Gasteiger partial charge in [0.15, 0.2) is 4.90 Å². The number of benzene rings is 1. The Hall–Kier alpha value is -1.75. The highest BCUT2D eigenvalue weighted by Crippen LogP contribution is 2.26. The van der Waals surface area contributed by atoms with Crippen LogP contribution in [0.1, 0.15) is 6.92 Å². The van der Waals surface area contributed by atoms with Gasteiger partial charge in [-0.3, -0.25) is 14.9 Å². The lowest BCUT2D eigenvalue weighted by Gasteiger charge is -2.06. The van der Waals surface area contributed by atoms with Crippen LogP contribution in [0.5, 0.6) is 0 Å². The zero-order chi connectivity index (χ0) is 16.6. The Morgan fingerprint density at radius 3 is 2.48 bits per heavy atom. The Kier molecular flexibility index (Phi) is 7.81. The Morgan fingerprint density at radius 2 is 2.05 bits per heavy atom. The van der Waals surface area contributed by atoms with Crippen molar-refractivity contribution >= 4 is 33.3 Å². The molecule has 0 aliphatic heterocycles. The molecule has 0 radical (unpaired) electrons. The number of nitrogens with one attached hydrogen (secondary N) is 1. The van der Waals surface area contributed by atoms with Crippen LogP contribution in [0.4, 0.5) is 5.69 Å². The molecule has 4 N–H and O–H groups in total. The molecule has 118 valence electrons. The molecule has 0 heterocycles. The predicted octanol–water partition coefficient (Wildman–Crippen LogP) is 0.576. The molecule has 0 fully saturated rings. The molecule has 0 saturated heterocycles. The van der Waals surface area contributed by atoms with Gasteiger partial charge in [0.25, 0.3) is 11.7 Å². The van der Waals surface area contributed by atoms with E-state index in [-0.39, 0.29) is 18.1 Å². The molecule has 0 unspecified atom stereocenters. The Bertz CT molecular complexity index is 615. The molecule has 21 heavy (non-hydrogen) atoms. The van der Waals surface area contributed by atoms with E-state index in [0.29, 0.717) is 0 Å². The zero-order valence-electron chi connectivity index (χ0n) is 10.9. The molecular weight excluding hydrogens is 326 g/mol. The number of nitro benzene ring substituents is 1. The summed E-state index contributed by atoms with van der Waals surface area (Å²) in [4.78, 5) is 18.5. The normalized spacial score (nSPS) is 10.4. The molecule has 0 aromatic heterocycles. The average Bonchev–Trinajstić information content (AvgIpc) is 2.35. The fraction of sp³-hybridized carbons (Fsp3) is 0.300. The van der Waals surface area contributed by atoms with E-state index in [0.717, 1.165) is 19.1 Å². The highest BCUT2D eigenvalue weighted by Gasteiger charge is 2.25. The van der Waals surface area contributed by atoms with E-state index in [1.54, 1.807) is 0 Å². The summed E-state index contributed by atoms with van der Waals surface area (Å²) in [5.41, 5.74) is 4.59. The van der Waals surface area contributed by atoms with Crippen molar-refractivity contribution in [3.63, 3.8) is 0 Å². The maximum absolute atomic E-state index is 11.7. The molecule has 1 aromatic carbocycles. The lowest BCUT2D eigenvalue weighted by molar-refractivity contribution is -0.387. The van der Waals surface area contributed by atoms with Crippen LogP contribution >= 0.6 is 11.6 Å². The van der Waals surface area contributed by atoms with Crippen LogP contribution in [0.3, 0.4) is 0 Å². The number of carbonyl (C=O) groups is 1. The van der Waals surface area contributed by atoms with Gasteiger partial charge in [0.2, 0.25) is 10.0 Å². The number of nitrogens with two attached hydrogens (primary N) is 1. The quantitative estimate of drug-likeness (QED) is 0.523. The first-order valence-corrected chi connectivity index (χ1v) is 7.31. The number of hydrogen-bond acceptors (Lipinski definition) is 6. The molecule has 1 rings (SSSR count). The number of halogens is 1. The number of nitrogens with zero attached hydrogens (tertiary/aromatic N) is 1. The van der Waals surface area contributed by atoms with Gasteiger partial charge in [-0.15, -0.1) is 0 Å². The molecule has 1 aromatic rings. The second-order valence-electron chi connectivity index (χ2n) is 3.57. The lowest BCUT2D eigenvalue weighted by atomic mass is 10.3. The van der Waals surface area contributed by atoms with Crippen LogP contribution in [0.25, 0.3) is 0 Å². The smallest absolute Gasteiger partial charge is 0.300 e. The third-order valence-corrected chi connectivity index (χ3v) is 3.59. The second-order valence-corrected chi connectivity index (χ2v) is 5.75. The highest BCUT2D eigenvalue weighted by molar-refractivity contribution is 7.89. The van der Waals surface area contributed by atoms with Gasteiger partial charge in [-0.05, 0) is 12.1 Å². The van der Waals surface area contributed by atoms with Crippen molar-refractivity contribution in [2.45, 2.75) is 11.8 Å². The Balaban J connectivity index is 0.000000885. The minimum Gasteiger partial charge on any atom is -0.481 e. The van der Waals surface area contributed by atoms with Crippen molar-refractivity contribution in [3.05, 3.63) is 33.3 Å². The summed E-state index contributed by atoms with van der Waals surface area (Å²) in [5, 5.41) is 18.2. The standard InChI is InChI=1S/C8H10ClN3O4S.C2H4O2/c9-6-1-2-8(7(5-6)12(13)14)17(15,16)11-4-3-10;1-2(3)4/h1-2,5,11H,3-4,10H2;1H3,(H,3,4). The summed E-state index contributed by atoms with van der Waals surface area (Å²) in [6.45, 7) is 1.18. The number of carboxylic acid groups (broad SMARTS) is 1. The van der Waals surface area contributed by atoms with Gasteiger partial charge in [-0.2, -0.15) is 0 Å². The van der Waals surface area contributed by atoms with E-state index in [1.807, 2.05) is 0 Å². The lowest BCUT2D eigenvalue weighted by Crippen LogP contribution is -2.29. The molecule has 0 bridgehead atoms. The van der Waals surface area contributed by atoms with Crippen LogP contribution in [0.15, 0.2) is 23.1 Å². The first-order valence-electron chi connectivity index (χ1n) is 5.45. The van der Waals surface area contributed by atoms with Crippen molar-refractivity contribution < 1.29 is 23.2 Å². The van der Waals surface area contributed by atoms with Crippen LogP contribution in [0, 0.1) is 10.1 Å². The summed E-state index contributed by atoms with van der Waals surface area (Å²) in [7, 11) is -3.95. The van der Waals surface area contributed by atoms with Gasteiger partial charge in [0, 0.05) is 31.1 Å². The molecule has 0 atom stereocenters. The van der Waals surface area contributed by atoms with Crippen LogP contribution in [-0.4, -0.2) is 37.5 Å². The second kappa shape index (κ2) is 8.52. The SMILES string of the molecule is CC(=O)O.NCCNS(=O)(=O)c1ccc(Cl)cc1[N+](=O)[O-]. The van der Waals surface area contributed by atoms with Crippen molar-refractivity contribution in [2.24, 2.45) is 5.73 Å². The summed E-state index contributed by atoms with van der Waals surface area (Å²) in [6, 6.07) is 3.34. The van der Waals surface area contributed by atoms with Gasteiger partial charge in [-0.1, -0.05) is 11.6 Å². The minimum atomic E-state index is -3.95. The van der Waals surface area contributed by atoms with Crippen LogP contribution < -0.4 is 10.5 Å².